The molecule has 0 aromatic carbocycles. The molecule has 0 aliphatic carbocycles. The van der Waals surface area contributed by atoms with Gasteiger partial charge in [-0.15, -0.1) is 24.0 Å². The smallest absolute Gasteiger partial charge is 0.191 e. The lowest BCUT2D eigenvalue weighted by molar-refractivity contribution is 0.144. The monoisotopic (exact) mass is 464 g/mol. The van der Waals surface area contributed by atoms with Gasteiger partial charge in [-0.3, -0.25) is 9.89 Å². The van der Waals surface area contributed by atoms with E-state index in [1.807, 2.05) is 13.0 Å². The molecule has 1 atom stereocenters. The summed E-state index contributed by atoms with van der Waals surface area (Å²) in [5, 5.41) is 6.78. The third-order valence-electron chi connectivity index (χ3n) is 4.35. The Labute approximate surface area is 168 Å². The average Bonchev–Trinajstić information content (AvgIpc) is 3.15. The van der Waals surface area contributed by atoms with Gasteiger partial charge in [0.1, 0.15) is 5.76 Å². The Morgan fingerprint density at radius 1 is 1.32 bits per heavy atom. The van der Waals surface area contributed by atoms with Crippen LogP contribution in [0.2, 0.25) is 0 Å². The number of hydrogen-bond acceptors (Lipinski definition) is 4. The highest BCUT2D eigenvalue weighted by Crippen LogP contribution is 2.24. The molecule has 0 radical (unpaired) electrons. The summed E-state index contributed by atoms with van der Waals surface area (Å²) in [7, 11) is 1.81. The Morgan fingerprint density at radius 2 is 2.12 bits per heavy atom. The Hall–Kier alpha value is -0.800. The summed E-state index contributed by atoms with van der Waals surface area (Å²) in [4.78, 5) is 6.82. The molecule has 1 aromatic heterocycles. The maximum Gasteiger partial charge on any atom is 0.191 e. The number of nitrogens with one attached hydrogen (secondary N) is 2. The molecule has 1 aliphatic heterocycles. The van der Waals surface area contributed by atoms with Gasteiger partial charge in [0.2, 0.25) is 0 Å². The summed E-state index contributed by atoms with van der Waals surface area (Å²) < 4.78 is 11.0. The zero-order valence-corrected chi connectivity index (χ0v) is 17.8. The maximum atomic E-state index is 5.68. The lowest BCUT2D eigenvalue weighted by atomic mass is 10.1. The minimum absolute atomic E-state index is 0. The van der Waals surface area contributed by atoms with E-state index >= 15 is 0 Å². The number of piperidine rings is 1. The predicted octanol–water partition coefficient (Wildman–Crippen LogP) is 3.02. The Balaban J connectivity index is 0.00000312. The van der Waals surface area contributed by atoms with E-state index in [1.54, 1.807) is 13.3 Å². The van der Waals surface area contributed by atoms with Gasteiger partial charge < -0.3 is 19.8 Å². The zero-order valence-electron chi connectivity index (χ0n) is 15.5. The standard InChI is InChI=1S/C18H32N4O2.HI/c1-3-23-13-8-10-20-18(19-2)21-15-16(17-9-7-14-24-17)22-11-5-4-6-12-22;/h7,9,14,16H,3-6,8,10-13,15H2,1-2H3,(H2,19,20,21);1H. The summed E-state index contributed by atoms with van der Waals surface area (Å²) in [6.07, 6.45) is 6.59. The number of guanidine groups is 1. The molecule has 1 unspecified atom stereocenters. The van der Waals surface area contributed by atoms with Gasteiger partial charge in [-0.1, -0.05) is 6.42 Å². The van der Waals surface area contributed by atoms with Crippen LogP contribution in [-0.4, -0.2) is 57.3 Å². The Kier molecular flexibility index (Phi) is 11.9. The van der Waals surface area contributed by atoms with Crippen molar-refractivity contribution in [2.75, 3.05) is 46.4 Å². The van der Waals surface area contributed by atoms with Crippen molar-refractivity contribution in [3.05, 3.63) is 24.2 Å². The number of ether oxygens (including phenoxy) is 1. The molecule has 1 saturated heterocycles. The minimum atomic E-state index is 0. The number of nitrogens with zero attached hydrogens (tertiary/aromatic N) is 2. The fourth-order valence-corrected chi connectivity index (χ4v) is 3.06. The van der Waals surface area contributed by atoms with Gasteiger partial charge >= 0.3 is 0 Å². The van der Waals surface area contributed by atoms with E-state index in [2.05, 4.69) is 26.6 Å². The average molecular weight is 464 g/mol. The summed E-state index contributed by atoms with van der Waals surface area (Å²) >= 11 is 0. The van der Waals surface area contributed by atoms with Gasteiger partial charge in [0.05, 0.1) is 12.3 Å². The van der Waals surface area contributed by atoms with Crippen LogP contribution in [-0.2, 0) is 4.74 Å². The summed E-state index contributed by atoms with van der Waals surface area (Å²) in [6, 6.07) is 4.29. The number of furan rings is 1. The number of halogens is 1. The van der Waals surface area contributed by atoms with Crippen molar-refractivity contribution in [2.45, 2.75) is 38.6 Å². The number of likely N-dealkylation sites (tertiary alicyclic amines) is 1. The van der Waals surface area contributed by atoms with Gasteiger partial charge in [-0.25, -0.2) is 0 Å². The van der Waals surface area contributed by atoms with Crippen molar-refractivity contribution in [1.29, 1.82) is 0 Å². The van der Waals surface area contributed by atoms with Crippen LogP contribution >= 0.6 is 24.0 Å². The highest BCUT2D eigenvalue weighted by molar-refractivity contribution is 14.0. The fraction of sp³-hybridized carbons (Fsp3) is 0.722. The first-order valence-corrected chi connectivity index (χ1v) is 9.15. The van der Waals surface area contributed by atoms with E-state index in [0.29, 0.717) is 0 Å². The Bertz CT molecular complexity index is 462. The highest BCUT2D eigenvalue weighted by atomic mass is 127. The predicted molar refractivity (Wildman–Crippen MR) is 113 cm³/mol. The highest BCUT2D eigenvalue weighted by Gasteiger charge is 2.24. The second kappa shape index (κ2) is 13.4. The van der Waals surface area contributed by atoms with E-state index in [1.165, 1.54) is 19.3 Å². The molecule has 7 heteroatoms. The van der Waals surface area contributed by atoms with Gasteiger partial charge in [-0.2, -0.15) is 0 Å². The number of aliphatic imine (C=N–C) groups is 1. The quantitative estimate of drug-likeness (QED) is 0.255. The molecule has 2 heterocycles. The molecule has 25 heavy (non-hydrogen) atoms. The third-order valence-corrected chi connectivity index (χ3v) is 4.35. The van der Waals surface area contributed by atoms with E-state index < -0.39 is 0 Å². The van der Waals surface area contributed by atoms with Crippen LogP contribution in [0.25, 0.3) is 0 Å². The molecule has 1 aliphatic rings. The molecule has 6 nitrogen and oxygen atoms in total. The largest absolute Gasteiger partial charge is 0.468 e. The molecular formula is C18H33IN4O2. The second-order valence-electron chi connectivity index (χ2n) is 6.06. The van der Waals surface area contributed by atoms with Crippen LogP contribution in [0, 0.1) is 0 Å². The van der Waals surface area contributed by atoms with Crippen molar-refractivity contribution in [1.82, 2.24) is 15.5 Å². The minimum Gasteiger partial charge on any atom is -0.468 e. The normalized spacial score (nSPS) is 17.0. The summed E-state index contributed by atoms with van der Waals surface area (Å²) in [6.45, 7) is 7.48. The number of rotatable bonds is 9. The van der Waals surface area contributed by atoms with Crippen molar-refractivity contribution in [3.63, 3.8) is 0 Å². The summed E-state index contributed by atoms with van der Waals surface area (Å²) in [5.41, 5.74) is 0. The van der Waals surface area contributed by atoms with Crippen molar-refractivity contribution in [3.8, 4) is 0 Å². The molecule has 144 valence electrons. The van der Waals surface area contributed by atoms with Crippen molar-refractivity contribution < 1.29 is 9.15 Å². The molecule has 0 spiro atoms. The third kappa shape index (κ3) is 7.96. The molecule has 1 aromatic rings. The maximum absolute atomic E-state index is 5.68. The van der Waals surface area contributed by atoms with Gasteiger partial charge in [-0.05, 0) is 51.4 Å². The van der Waals surface area contributed by atoms with E-state index in [-0.39, 0.29) is 30.0 Å². The van der Waals surface area contributed by atoms with Crippen LogP contribution in [0.3, 0.4) is 0 Å². The Morgan fingerprint density at radius 3 is 2.76 bits per heavy atom. The molecule has 0 amide bonds. The van der Waals surface area contributed by atoms with Crippen LogP contribution in [0.15, 0.2) is 27.8 Å². The van der Waals surface area contributed by atoms with Crippen LogP contribution < -0.4 is 10.6 Å². The summed E-state index contributed by atoms with van der Waals surface area (Å²) in [5.74, 6) is 1.86. The first-order chi connectivity index (χ1) is 11.8. The second-order valence-corrected chi connectivity index (χ2v) is 6.06. The first kappa shape index (κ1) is 22.2. The van der Waals surface area contributed by atoms with Gasteiger partial charge in [0.15, 0.2) is 5.96 Å². The van der Waals surface area contributed by atoms with Crippen molar-refractivity contribution >= 4 is 29.9 Å². The molecule has 0 saturated carbocycles. The molecule has 0 bridgehead atoms. The van der Waals surface area contributed by atoms with E-state index in [4.69, 9.17) is 9.15 Å². The van der Waals surface area contributed by atoms with Crippen LogP contribution in [0.4, 0.5) is 0 Å². The lowest BCUT2D eigenvalue weighted by Gasteiger charge is -2.33. The zero-order chi connectivity index (χ0) is 17.0. The number of hydrogen-bond donors (Lipinski definition) is 2. The molecule has 2 rings (SSSR count). The van der Waals surface area contributed by atoms with Crippen LogP contribution in [0.1, 0.15) is 44.4 Å². The van der Waals surface area contributed by atoms with E-state index in [9.17, 15) is 0 Å². The molecular weight excluding hydrogens is 431 g/mol. The van der Waals surface area contributed by atoms with E-state index in [0.717, 1.165) is 57.5 Å². The molecule has 2 N–H and O–H groups in total. The van der Waals surface area contributed by atoms with Gasteiger partial charge in [0.25, 0.3) is 0 Å². The molecule has 1 fully saturated rings. The van der Waals surface area contributed by atoms with Crippen molar-refractivity contribution in [2.24, 2.45) is 4.99 Å². The fourth-order valence-electron chi connectivity index (χ4n) is 3.06. The lowest BCUT2D eigenvalue weighted by Crippen LogP contribution is -2.44. The van der Waals surface area contributed by atoms with Crippen LogP contribution in [0.5, 0.6) is 0 Å². The van der Waals surface area contributed by atoms with Gasteiger partial charge in [0, 0.05) is 33.4 Å². The first-order valence-electron chi connectivity index (χ1n) is 9.15. The topological polar surface area (TPSA) is 62.0 Å². The SMILES string of the molecule is CCOCCCNC(=NC)NCC(c1ccco1)N1CCCCC1.I.